The first kappa shape index (κ1) is 18.3. The molecule has 0 saturated heterocycles. The maximum Gasteiger partial charge on any atom is 0.272 e. The van der Waals surface area contributed by atoms with Crippen LogP contribution in [-0.2, 0) is 11.2 Å². The number of hydrogen-bond acceptors (Lipinski definition) is 5. The molecule has 0 radical (unpaired) electrons. The largest absolute Gasteiger partial charge is 0.324 e. The summed E-state index contributed by atoms with van der Waals surface area (Å²) in [6.45, 7) is 3.97. The highest BCUT2D eigenvalue weighted by molar-refractivity contribution is 7.25. The van der Waals surface area contributed by atoms with E-state index in [0.29, 0.717) is 22.3 Å². The zero-order valence-electron chi connectivity index (χ0n) is 15.7. The van der Waals surface area contributed by atoms with Gasteiger partial charge in [-0.2, -0.15) is 0 Å². The molecule has 1 atom stereocenters. The molecule has 4 rings (SSSR count). The van der Waals surface area contributed by atoms with E-state index in [1.54, 1.807) is 6.20 Å². The van der Waals surface area contributed by atoms with Crippen LogP contribution in [0.25, 0.3) is 20.4 Å². The van der Waals surface area contributed by atoms with Gasteiger partial charge in [0.1, 0.15) is 15.6 Å². The molecule has 1 amide bonds. The summed E-state index contributed by atoms with van der Waals surface area (Å²) in [5.41, 5.74) is 2.35. The predicted molar refractivity (Wildman–Crippen MR) is 113 cm³/mol. The monoisotopic (exact) mass is 392 g/mol. The van der Waals surface area contributed by atoms with Crippen LogP contribution in [0.5, 0.6) is 0 Å². The number of nitrogens with zero attached hydrogens (tertiary/aromatic N) is 3. The Kier molecular flexibility index (Phi) is 4.92. The molecule has 0 aliphatic rings. The van der Waals surface area contributed by atoms with Gasteiger partial charge in [0.05, 0.1) is 11.8 Å². The molecule has 6 nitrogen and oxygen atoms in total. The van der Waals surface area contributed by atoms with Crippen molar-refractivity contribution in [2.24, 2.45) is 0 Å². The van der Waals surface area contributed by atoms with Crippen LogP contribution < -0.4 is 10.9 Å². The van der Waals surface area contributed by atoms with Crippen molar-refractivity contribution < 1.29 is 4.79 Å². The Hall–Kier alpha value is -3.06. The molecule has 4 aromatic rings. The minimum atomic E-state index is -0.631. The molecule has 1 N–H and O–H groups in total. The van der Waals surface area contributed by atoms with Crippen LogP contribution in [0.2, 0.25) is 0 Å². The number of pyridine rings is 1. The minimum Gasteiger partial charge on any atom is -0.324 e. The van der Waals surface area contributed by atoms with Gasteiger partial charge in [-0.1, -0.05) is 26.0 Å². The second-order valence-electron chi connectivity index (χ2n) is 6.56. The van der Waals surface area contributed by atoms with Gasteiger partial charge in [-0.05, 0) is 42.7 Å². The Balaban J connectivity index is 1.69. The van der Waals surface area contributed by atoms with Crippen molar-refractivity contribution in [3.8, 4) is 0 Å². The SMILES string of the molecule is CCc1ccc(NC(=O)[C@@H](CC)n2cnc3c(sc4ncccc43)c2=O)cc1. The average Bonchev–Trinajstić information content (AvgIpc) is 3.10. The first-order valence-corrected chi connectivity index (χ1v) is 10.1. The fourth-order valence-electron chi connectivity index (χ4n) is 3.26. The molecular formula is C21H20N4O2S. The van der Waals surface area contributed by atoms with E-state index in [1.807, 2.05) is 43.3 Å². The van der Waals surface area contributed by atoms with Crippen molar-refractivity contribution in [3.63, 3.8) is 0 Å². The average molecular weight is 392 g/mol. The van der Waals surface area contributed by atoms with Gasteiger partial charge in [-0.15, -0.1) is 11.3 Å². The number of nitrogens with one attached hydrogen (secondary N) is 1. The minimum absolute atomic E-state index is 0.212. The van der Waals surface area contributed by atoms with E-state index in [0.717, 1.165) is 16.6 Å². The number of rotatable bonds is 5. The molecule has 0 bridgehead atoms. The van der Waals surface area contributed by atoms with E-state index in [-0.39, 0.29) is 11.5 Å². The quantitative estimate of drug-likeness (QED) is 0.553. The molecular weight excluding hydrogens is 372 g/mol. The molecule has 3 aromatic heterocycles. The van der Waals surface area contributed by atoms with Gasteiger partial charge in [-0.25, -0.2) is 9.97 Å². The second kappa shape index (κ2) is 7.52. The lowest BCUT2D eigenvalue weighted by Gasteiger charge is -2.17. The van der Waals surface area contributed by atoms with Crippen LogP contribution in [0.15, 0.2) is 53.7 Å². The first-order valence-electron chi connectivity index (χ1n) is 9.26. The highest BCUT2D eigenvalue weighted by Gasteiger charge is 2.22. The number of anilines is 1. The van der Waals surface area contributed by atoms with Gasteiger partial charge in [0.2, 0.25) is 5.91 Å². The van der Waals surface area contributed by atoms with E-state index in [1.165, 1.54) is 27.8 Å². The van der Waals surface area contributed by atoms with E-state index >= 15 is 0 Å². The fraction of sp³-hybridized carbons (Fsp3) is 0.238. The highest BCUT2D eigenvalue weighted by Crippen LogP contribution is 2.28. The Bertz CT molecular complexity index is 1210. The van der Waals surface area contributed by atoms with Crippen LogP contribution in [0.1, 0.15) is 31.9 Å². The molecule has 28 heavy (non-hydrogen) atoms. The third kappa shape index (κ3) is 3.18. The van der Waals surface area contributed by atoms with Gasteiger partial charge < -0.3 is 5.32 Å². The topological polar surface area (TPSA) is 76.9 Å². The smallest absolute Gasteiger partial charge is 0.272 e. The Labute approximate surface area is 165 Å². The molecule has 0 unspecified atom stereocenters. The highest BCUT2D eigenvalue weighted by atomic mass is 32.1. The maximum atomic E-state index is 13.1. The van der Waals surface area contributed by atoms with Gasteiger partial charge >= 0.3 is 0 Å². The fourth-order valence-corrected chi connectivity index (χ4v) is 4.30. The lowest BCUT2D eigenvalue weighted by atomic mass is 10.1. The predicted octanol–water partition coefficient (Wildman–Crippen LogP) is 4.16. The van der Waals surface area contributed by atoms with Gasteiger partial charge in [0.25, 0.3) is 5.56 Å². The summed E-state index contributed by atoms with van der Waals surface area (Å²) in [4.78, 5) is 35.5. The van der Waals surface area contributed by atoms with Gasteiger partial charge in [0, 0.05) is 17.3 Å². The third-order valence-electron chi connectivity index (χ3n) is 4.83. The molecule has 3 heterocycles. The lowest BCUT2D eigenvalue weighted by Crippen LogP contribution is -2.33. The normalized spacial score (nSPS) is 12.4. The summed E-state index contributed by atoms with van der Waals surface area (Å²) >= 11 is 1.31. The number of hydrogen-bond donors (Lipinski definition) is 1. The summed E-state index contributed by atoms with van der Waals surface area (Å²) in [5, 5.41) is 3.77. The van der Waals surface area contributed by atoms with E-state index in [9.17, 15) is 9.59 Å². The molecule has 0 aliphatic heterocycles. The summed E-state index contributed by atoms with van der Waals surface area (Å²) < 4.78 is 1.95. The maximum absolute atomic E-state index is 13.1. The zero-order valence-corrected chi connectivity index (χ0v) is 16.5. The van der Waals surface area contributed by atoms with Crippen LogP contribution in [-0.4, -0.2) is 20.4 Å². The molecule has 7 heteroatoms. The molecule has 142 valence electrons. The molecule has 1 aromatic carbocycles. The van der Waals surface area contributed by atoms with Crippen molar-refractivity contribution in [1.82, 2.24) is 14.5 Å². The van der Waals surface area contributed by atoms with Crippen LogP contribution in [0.4, 0.5) is 5.69 Å². The Morgan fingerprint density at radius 2 is 1.96 bits per heavy atom. The standard InChI is InChI=1S/C21H20N4O2S/c1-3-13-7-9-14(10-8-13)24-19(26)16(4-2)25-12-23-17-15-6-5-11-22-20(15)28-18(17)21(25)27/h5-12,16H,3-4H2,1-2H3,(H,24,26)/t16-/m1/s1. The van der Waals surface area contributed by atoms with Crippen LogP contribution in [0, 0.1) is 0 Å². The molecule has 0 aliphatic carbocycles. The van der Waals surface area contributed by atoms with Crippen LogP contribution in [0.3, 0.4) is 0 Å². The number of fused-ring (bicyclic) bond motifs is 3. The van der Waals surface area contributed by atoms with E-state index < -0.39 is 6.04 Å². The number of amides is 1. The molecule has 0 saturated carbocycles. The number of aromatic nitrogens is 3. The summed E-state index contributed by atoms with van der Waals surface area (Å²) in [6.07, 6.45) is 4.59. The number of aryl methyl sites for hydroxylation is 1. The van der Waals surface area contributed by atoms with Crippen molar-refractivity contribution in [2.75, 3.05) is 5.32 Å². The van der Waals surface area contributed by atoms with E-state index in [4.69, 9.17) is 0 Å². The van der Waals surface area contributed by atoms with Gasteiger partial charge in [-0.3, -0.25) is 14.2 Å². The number of benzene rings is 1. The Morgan fingerprint density at radius 3 is 2.68 bits per heavy atom. The summed E-state index contributed by atoms with van der Waals surface area (Å²) in [7, 11) is 0. The van der Waals surface area contributed by atoms with Crippen molar-refractivity contribution >= 4 is 43.4 Å². The lowest BCUT2D eigenvalue weighted by molar-refractivity contribution is -0.119. The third-order valence-corrected chi connectivity index (χ3v) is 5.93. The number of carbonyl (C=O) groups excluding carboxylic acids is 1. The number of carbonyl (C=O) groups is 1. The van der Waals surface area contributed by atoms with Crippen molar-refractivity contribution in [1.29, 1.82) is 0 Å². The summed E-state index contributed by atoms with van der Waals surface area (Å²) in [6, 6.07) is 10.8. The second-order valence-corrected chi connectivity index (χ2v) is 7.56. The van der Waals surface area contributed by atoms with Crippen molar-refractivity contribution in [2.45, 2.75) is 32.7 Å². The van der Waals surface area contributed by atoms with Gasteiger partial charge in [0.15, 0.2) is 0 Å². The molecule has 0 fully saturated rings. The summed E-state index contributed by atoms with van der Waals surface area (Å²) in [5.74, 6) is -0.228. The Morgan fingerprint density at radius 1 is 1.18 bits per heavy atom. The van der Waals surface area contributed by atoms with E-state index in [2.05, 4.69) is 22.2 Å². The zero-order chi connectivity index (χ0) is 19.7. The number of thiophene rings is 1. The van der Waals surface area contributed by atoms with Crippen LogP contribution >= 0.6 is 11.3 Å². The first-order chi connectivity index (χ1) is 13.6. The molecule has 0 spiro atoms. The van der Waals surface area contributed by atoms with Crippen molar-refractivity contribution in [3.05, 3.63) is 64.8 Å².